The summed E-state index contributed by atoms with van der Waals surface area (Å²) < 4.78 is 0. The summed E-state index contributed by atoms with van der Waals surface area (Å²) in [5.74, 6) is 2.91. The summed E-state index contributed by atoms with van der Waals surface area (Å²) in [6.07, 6.45) is 6.90. The lowest BCUT2D eigenvalue weighted by atomic mass is 9.91. The average Bonchev–Trinajstić information content (AvgIpc) is 3.19. The van der Waals surface area contributed by atoms with Crippen molar-refractivity contribution in [2.24, 2.45) is 17.8 Å². The van der Waals surface area contributed by atoms with Gasteiger partial charge in [-0.05, 0) is 37.0 Å². The number of halogens is 1. The summed E-state index contributed by atoms with van der Waals surface area (Å²) in [4.78, 5) is 10.7. The molecule has 1 saturated heterocycles. The topological polar surface area (TPSA) is 49.2 Å². The van der Waals surface area contributed by atoms with Crippen molar-refractivity contribution in [2.45, 2.75) is 19.3 Å². The third kappa shape index (κ3) is 2.45. The Kier molecular flexibility index (Phi) is 3.39. The van der Waals surface area contributed by atoms with Gasteiger partial charge >= 0.3 is 0 Å². The van der Waals surface area contributed by atoms with Crippen molar-refractivity contribution < 1.29 is 5.11 Å². The molecule has 0 unspecified atom stereocenters. The second-order valence-corrected chi connectivity index (χ2v) is 5.80. The Morgan fingerprint density at radius 2 is 1.94 bits per heavy atom. The van der Waals surface area contributed by atoms with Crippen molar-refractivity contribution in [3.8, 4) is 0 Å². The first-order valence-electron chi connectivity index (χ1n) is 6.61. The fourth-order valence-electron chi connectivity index (χ4n) is 3.05. The third-order valence-electron chi connectivity index (χ3n) is 4.25. The molecule has 1 aromatic heterocycles. The molecule has 4 nitrogen and oxygen atoms in total. The SMILES string of the molecule is OC[C@@H]1C[C@@H]1C1CCN(c2ncc(Cl)cn2)CC1. The van der Waals surface area contributed by atoms with Gasteiger partial charge in [-0.1, -0.05) is 11.6 Å². The number of aliphatic hydroxyl groups is 1. The first-order valence-corrected chi connectivity index (χ1v) is 6.99. The largest absolute Gasteiger partial charge is 0.396 e. The van der Waals surface area contributed by atoms with Crippen molar-refractivity contribution >= 4 is 17.5 Å². The molecular weight excluding hydrogens is 250 g/mol. The van der Waals surface area contributed by atoms with Crippen molar-refractivity contribution in [1.82, 2.24) is 9.97 Å². The van der Waals surface area contributed by atoms with Gasteiger partial charge in [-0.3, -0.25) is 0 Å². The van der Waals surface area contributed by atoms with Crippen LogP contribution < -0.4 is 4.90 Å². The van der Waals surface area contributed by atoms with E-state index in [1.807, 2.05) is 0 Å². The highest BCUT2D eigenvalue weighted by Gasteiger charge is 2.43. The molecule has 98 valence electrons. The summed E-state index contributed by atoms with van der Waals surface area (Å²) in [6, 6.07) is 0. The molecule has 18 heavy (non-hydrogen) atoms. The number of rotatable bonds is 3. The number of anilines is 1. The molecule has 1 saturated carbocycles. The highest BCUT2D eigenvalue weighted by atomic mass is 35.5. The second kappa shape index (κ2) is 5.02. The van der Waals surface area contributed by atoms with Gasteiger partial charge in [-0.15, -0.1) is 0 Å². The molecule has 0 spiro atoms. The van der Waals surface area contributed by atoms with E-state index in [0.29, 0.717) is 17.5 Å². The third-order valence-corrected chi connectivity index (χ3v) is 4.44. The lowest BCUT2D eigenvalue weighted by Crippen LogP contribution is -2.35. The van der Waals surface area contributed by atoms with Crippen LogP contribution in [0.3, 0.4) is 0 Å². The number of aromatic nitrogens is 2. The van der Waals surface area contributed by atoms with Crippen molar-refractivity contribution in [2.75, 3.05) is 24.6 Å². The van der Waals surface area contributed by atoms with Gasteiger partial charge in [-0.2, -0.15) is 0 Å². The Balaban J connectivity index is 1.55. The Hall–Kier alpha value is -0.870. The summed E-state index contributed by atoms with van der Waals surface area (Å²) in [5, 5.41) is 9.70. The van der Waals surface area contributed by atoms with Crippen LogP contribution in [0.5, 0.6) is 0 Å². The maximum Gasteiger partial charge on any atom is 0.225 e. The highest BCUT2D eigenvalue weighted by molar-refractivity contribution is 6.30. The van der Waals surface area contributed by atoms with E-state index >= 15 is 0 Å². The van der Waals surface area contributed by atoms with Crippen LogP contribution in [-0.4, -0.2) is 34.8 Å². The first-order chi connectivity index (χ1) is 8.78. The van der Waals surface area contributed by atoms with Crippen molar-refractivity contribution in [3.05, 3.63) is 17.4 Å². The Morgan fingerprint density at radius 3 is 2.50 bits per heavy atom. The van der Waals surface area contributed by atoms with Crippen LogP contribution in [0.25, 0.3) is 0 Å². The fraction of sp³-hybridized carbons (Fsp3) is 0.692. The molecule has 1 aliphatic heterocycles. The molecule has 1 aromatic rings. The zero-order valence-electron chi connectivity index (χ0n) is 10.3. The van der Waals surface area contributed by atoms with Crippen LogP contribution in [0.4, 0.5) is 5.95 Å². The quantitative estimate of drug-likeness (QED) is 0.910. The molecule has 2 atom stereocenters. The molecule has 2 heterocycles. The van der Waals surface area contributed by atoms with Gasteiger partial charge in [-0.25, -0.2) is 9.97 Å². The van der Waals surface area contributed by atoms with Gasteiger partial charge in [0.2, 0.25) is 5.95 Å². The molecule has 2 fully saturated rings. The van der Waals surface area contributed by atoms with Gasteiger partial charge in [0.25, 0.3) is 0 Å². The van der Waals surface area contributed by atoms with Crippen molar-refractivity contribution in [1.29, 1.82) is 0 Å². The molecule has 5 heteroatoms. The molecule has 2 aliphatic rings. The molecule has 1 N–H and O–H groups in total. The lowest BCUT2D eigenvalue weighted by molar-refractivity contribution is 0.248. The minimum absolute atomic E-state index is 0.366. The van der Waals surface area contributed by atoms with E-state index in [2.05, 4.69) is 14.9 Å². The van der Waals surface area contributed by atoms with E-state index in [4.69, 9.17) is 16.7 Å². The van der Waals surface area contributed by atoms with Gasteiger partial charge in [0.05, 0.1) is 17.4 Å². The van der Waals surface area contributed by atoms with Gasteiger partial charge in [0.1, 0.15) is 0 Å². The zero-order chi connectivity index (χ0) is 12.5. The number of piperidine rings is 1. The van der Waals surface area contributed by atoms with E-state index in [1.165, 1.54) is 19.3 Å². The highest BCUT2D eigenvalue weighted by Crippen LogP contribution is 2.47. The standard InChI is InChI=1S/C13H18ClN3O/c14-11-6-15-13(16-7-11)17-3-1-9(2-4-17)12-5-10(12)8-18/h6-7,9-10,12,18H,1-5,8H2/t10-,12+/m0/s1. The summed E-state index contributed by atoms with van der Waals surface area (Å²) in [7, 11) is 0. The van der Waals surface area contributed by atoms with E-state index in [0.717, 1.165) is 30.9 Å². The minimum atomic E-state index is 0.366. The predicted molar refractivity (Wildman–Crippen MR) is 70.7 cm³/mol. The number of hydrogen-bond donors (Lipinski definition) is 1. The van der Waals surface area contributed by atoms with Crippen LogP contribution >= 0.6 is 11.6 Å². The van der Waals surface area contributed by atoms with E-state index < -0.39 is 0 Å². The van der Waals surface area contributed by atoms with Crippen LogP contribution in [-0.2, 0) is 0 Å². The second-order valence-electron chi connectivity index (χ2n) is 5.37. The average molecular weight is 268 g/mol. The number of aliphatic hydroxyl groups excluding tert-OH is 1. The number of hydrogen-bond acceptors (Lipinski definition) is 4. The molecule has 0 radical (unpaired) electrons. The van der Waals surface area contributed by atoms with Gasteiger partial charge in [0.15, 0.2) is 0 Å². The first kappa shape index (κ1) is 12.2. The summed E-state index contributed by atoms with van der Waals surface area (Å²) in [5.41, 5.74) is 0. The van der Waals surface area contributed by atoms with E-state index in [-0.39, 0.29) is 0 Å². The maximum absolute atomic E-state index is 9.12. The molecule has 0 aromatic carbocycles. The lowest BCUT2D eigenvalue weighted by Gasteiger charge is -2.32. The maximum atomic E-state index is 9.12. The smallest absolute Gasteiger partial charge is 0.225 e. The van der Waals surface area contributed by atoms with E-state index in [9.17, 15) is 0 Å². The molecule has 0 bridgehead atoms. The van der Waals surface area contributed by atoms with Gasteiger partial charge < -0.3 is 10.0 Å². The Labute approximate surface area is 112 Å². The number of nitrogens with zero attached hydrogens (tertiary/aromatic N) is 3. The minimum Gasteiger partial charge on any atom is -0.396 e. The predicted octanol–water partition coefficient (Wildman–Crippen LogP) is 1.97. The normalized spacial score (nSPS) is 28.4. The molecule has 1 aliphatic carbocycles. The van der Waals surface area contributed by atoms with Crippen LogP contribution in [0.1, 0.15) is 19.3 Å². The van der Waals surface area contributed by atoms with Gasteiger partial charge in [0, 0.05) is 19.7 Å². The van der Waals surface area contributed by atoms with Crippen LogP contribution in [0.2, 0.25) is 5.02 Å². The molecular formula is C13H18ClN3O. The van der Waals surface area contributed by atoms with Crippen LogP contribution in [0.15, 0.2) is 12.4 Å². The summed E-state index contributed by atoms with van der Waals surface area (Å²) in [6.45, 7) is 2.40. The Morgan fingerprint density at radius 1 is 1.28 bits per heavy atom. The summed E-state index contributed by atoms with van der Waals surface area (Å²) >= 11 is 5.79. The monoisotopic (exact) mass is 267 g/mol. The Bertz CT molecular complexity index is 403. The zero-order valence-corrected chi connectivity index (χ0v) is 11.1. The fourth-order valence-corrected chi connectivity index (χ4v) is 3.15. The van der Waals surface area contributed by atoms with Crippen molar-refractivity contribution in [3.63, 3.8) is 0 Å². The molecule has 0 amide bonds. The molecule has 3 rings (SSSR count). The van der Waals surface area contributed by atoms with E-state index in [1.54, 1.807) is 12.4 Å². The van der Waals surface area contributed by atoms with Crippen LogP contribution in [0, 0.1) is 17.8 Å².